The molecule has 1 saturated carbocycles. The molecule has 2 fully saturated rings. The lowest BCUT2D eigenvalue weighted by atomic mass is 9.93. The first-order valence-corrected chi connectivity index (χ1v) is 6.65. The normalized spacial score (nSPS) is 36.9. The predicted molar refractivity (Wildman–Crippen MR) is 67.0 cm³/mol. The summed E-state index contributed by atoms with van der Waals surface area (Å²) in [5.41, 5.74) is -0.736. The molecule has 5 nitrogen and oxygen atoms in total. The predicted octanol–water partition coefficient (Wildman–Crippen LogP) is 0.681. The highest BCUT2D eigenvalue weighted by atomic mass is 16.5. The maximum atomic E-state index is 12.5. The van der Waals surface area contributed by atoms with Crippen LogP contribution in [0.3, 0.4) is 0 Å². The molecule has 0 spiro atoms. The Morgan fingerprint density at radius 1 is 1.44 bits per heavy atom. The summed E-state index contributed by atoms with van der Waals surface area (Å²) in [6.07, 6.45) is 3.58. The zero-order chi connectivity index (χ0) is 13.3. The van der Waals surface area contributed by atoms with Crippen molar-refractivity contribution < 1.29 is 14.3 Å². The molecule has 102 valence electrons. The second-order valence-corrected chi connectivity index (χ2v) is 5.49. The molecule has 5 heteroatoms. The molecule has 1 aliphatic carbocycles. The van der Waals surface area contributed by atoms with Gasteiger partial charge in [0.25, 0.3) is 0 Å². The van der Waals surface area contributed by atoms with Crippen LogP contribution in [0.2, 0.25) is 0 Å². The van der Waals surface area contributed by atoms with Crippen LogP contribution in [0.15, 0.2) is 0 Å². The molecule has 1 heterocycles. The summed E-state index contributed by atoms with van der Waals surface area (Å²) in [5, 5.41) is 2.81. The molecular formula is C13H22N2O3. The number of ether oxygens (including phenoxy) is 1. The fraction of sp³-hybridized carbons (Fsp3) is 0.846. The number of amides is 2. The number of carbonyl (C=O) groups is 2. The molecule has 0 radical (unpaired) electrons. The standard InChI is InChI=1S/C13H22N2O3/c1-4-13(2)12(17)15(8-11(16)14-13)9-5-6-10(7-9)18-3/h9-10H,4-8H2,1-3H3,(H,14,16). The Labute approximate surface area is 108 Å². The van der Waals surface area contributed by atoms with Crippen molar-refractivity contribution in [2.75, 3.05) is 13.7 Å². The Morgan fingerprint density at radius 2 is 2.17 bits per heavy atom. The largest absolute Gasteiger partial charge is 0.381 e. The van der Waals surface area contributed by atoms with Gasteiger partial charge in [0, 0.05) is 13.2 Å². The summed E-state index contributed by atoms with van der Waals surface area (Å²) in [6, 6.07) is 0.152. The third-order valence-electron chi connectivity index (χ3n) is 4.30. The van der Waals surface area contributed by atoms with E-state index in [-0.39, 0.29) is 30.5 Å². The number of piperazine rings is 1. The number of rotatable bonds is 3. The molecule has 1 aliphatic heterocycles. The van der Waals surface area contributed by atoms with Crippen LogP contribution in [0.25, 0.3) is 0 Å². The van der Waals surface area contributed by atoms with Crippen LogP contribution < -0.4 is 5.32 Å². The van der Waals surface area contributed by atoms with Crippen LogP contribution in [0.1, 0.15) is 39.5 Å². The van der Waals surface area contributed by atoms with Crippen LogP contribution in [0.4, 0.5) is 0 Å². The number of methoxy groups -OCH3 is 1. The van der Waals surface area contributed by atoms with Crippen LogP contribution in [0.5, 0.6) is 0 Å². The van der Waals surface area contributed by atoms with E-state index in [1.165, 1.54) is 0 Å². The Hall–Kier alpha value is -1.10. The van der Waals surface area contributed by atoms with E-state index in [0.29, 0.717) is 6.42 Å². The van der Waals surface area contributed by atoms with Crippen molar-refractivity contribution >= 4 is 11.8 Å². The third-order valence-corrected chi connectivity index (χ3v) is 4.30. The van der Waals surface area contributed by atoms with Gasteiger partial charge in [0.15, 0.2) is 0 Å². The van der Waals surface area contributed by atoms with Gasteiger partial charge in [0.1, 0.15) is 5.54 Å². The van der Waals surface area contributed by atoms with Crippen molar-refractivity contribution in [1.29, 1.82) is 0 Å². The monoisotopic (exact) mass is 254 g/mol. The molecule has 2 rings (SSSR count). The highest BCUT2D eigenvalue weighted by molar-refractivity contribution is 5.97. The number of hydrogen-bond donors (Lipinski definition) is 1. The summed E-state index contributed by atoms with van der Waals surface area (Å²) >= 11 is 0. The Bertz CT molecular complexity index is 358. The highest BCUT2D eigenvalue weighted by Gasteiger charge is 2.45. The molecule has 0 aromatic rings. The van der Waals surface area contributed by atoms with E-state index in [4.69, 9.17) is 4.74 Å². The molecule has 2 aliphatic rings. The zero-order valence-corrected chi connectivity index (χ0v) is 11.4. The topological polar surface area (TPSA) is 58.6 Å². The summed E-state index contributed by atoms with van der Waals surface area (Å²) in [5.74, 6) is -0.00818. The summed E-state index contributed by atoms with van der Waals surface area (Å²) in [6.45, 7) is 3.92. The van der Waals surface area contributed by atoms with Crippen molar-refractivity contribution in [3.63, 3.8) is 0 Å². The fourth-order valence-corrected chi connectivity index (χ4v) is 2.89. The van der Waals surface area contributed by atoms with Crippen molar-refractivity contribution in [2.24, 2.45) is 0 Å². The number of nitrogens with one attached hydrogen (secondary N) is 1. The fourth-order valence-electron chi connectivity index (χ4n) is 2.89. The van der Waals surface area contributed by atoms with E-state index in [1.54, 1.807) is 12.0 Å². The maximum absolute atomic E-state index is 12.5. The van der Waals surface area contributed by atoms with Crippen LogP contribution in [0, 0.1) is 0 Å². The molecular weight excluding hydrogens is 232 g/mol. The van der Waals surface area contributed by atoms with Crippen LogP contribution in [-0.2, 0) is 14.3 Å². The van der Waals surface area contributed by atoms with Crippen molar-refractivity contribution in [3.8, 4) is 0 Å². The van der Waals surface area contributed by atoms with Gasteiger partial charge in [-0.2, -0.15) is 0 Å². The van der Waals surface area contributed by atoms with Gasteiger partial charge in [-0.25, -0.2) is 0 Å². The molecule has 3 atom stereocenters. The van der Waals surface area contributed by atoms with E-state index in [1.807, 2.05) is 13.8 Å². The molecule has 0 aromatic heterocycles. The molecule has 2 amide bonds. The van der Waals surface area contributed by atoms with E-state index in [9.17, 15) is 9.59 Å². The lowest BCUT2D eigenvalue weighted by Gasteiger charge is -2.42. The second kappa shape index (κ2) is 4.88. The van der Waals surface area contributed by atoms with Crippen LogP contribution >= 0.6 is 0 Å². The average molecular weight is 254 g/mol. The van der Waals surface area contributed by atoms with Gasteiger partial charge in [-0.3, -0.25) is 9.59 Å². The molecule has 1 N–H and O–H groups in total. The van der Waals surface area contributed by atoms with Gasteiger partial charge >= 0.3 is 0 Å². The van der Waals surface area contributed by atoms with E-state index < -0.39 is 5.54 Å². The SMILES string of the molecule is CCC1(C)NC(=O)CN(C2CCC(OC)C2)C1=O. The lowest BCUT2D eigenvalue weighted by molar-refractivity contribution is -0.151. The first-order valence-electron chi connectivity index (χ1n) is 6.65. The first-order chi connectivity index (χ1) is 8.50. The Kier molecular flexibility index (Phi) is 3.61. The van der Waals surface area contributed by atoms with Gasteiger partial charge in [-0.15, -0.1) is 0 Å². The molecule has 18 heavy (non-hydrogen) atoms. The van der Waals surface area contributed by atoms with Crippen LogP contribution in [-0.4, -0.2) is 48.1 Å². The molecule has 1 saturated heterocycles. The molecule has 0 bridgehead atoms. The maximum Gasteiger partial charge on any atom is 0.248 e. The van der Waals surface area contributed by atoms with E-state index in [2.05, 4.69) is 5.32 Å². The summed E-state index contributed by atoms with van der Waals surface area (Å²) in [4.78, 5) is 26.0. The van der Waals surface area contributed by atoms with Crippen molar-refractivity contribution in [3.05, 3.63) is 0 Å². The molecule has 0 aromatic carbocycles. The number of nitrogens with zero attached hydrogens (tertiary/aromatic N) is 1. The minimum Gasteiger partial charge on any atom is -0.381 e. The number of carbonyl (C=O) groups excluding carboxylic acids is 2. The number of hydrogen-bond acceptors (Lipinski definition) is 3. The van der Waals surface area contributed by atoms with Gasteiger partial charge < -0.3 is 15.0 Å². The molecule has 3 unspecified atom stereocenters. The Balaban J connectivity index is 2.12. The van der Waals surface area contributed by atoms with Crippen molar-refractivity contribution in [2.45, 2.75) is 57.2 Å². The quantitative estimate of drug-likeness (QED) is 0.806. The van der Waals surface area contributed by atoms with Gasteiger partial charge in [0.2, 0.25) is 11.8 Å². The van der Waals surface area contributed by atoms with Gasteiger partial charge in [-0.1, -0.05) is 6.92 Å². The smallest absolute Gasteiger partial charge is 0.248 e. The minimum atomic E-state index is -0.736. The Morgan fingerprint density at radius 3 is 2.72 bits per heavy atom. The third kappa shape index (κ3) is 2.23. The lowest BCUT2D eigenvalue weighted by Crippen LogP contribution is -2.66. The minimum absolute atomic E-state index is 0.0475. The van der Waals surface area contributed by atoms with Crippen molar-refractivity contribution in [1.82, 2.24) is 10.2 Å². The summed E-state index contributed by atoms with van der Waals surface area (Å²) < 4.78 is 5.33. The van der Waals surface area contributed by atoms with E-state index in [0.717, 1.165) is 19.3 Å². The second-order valence-electron chi connectivity index (χ2n) is 5.49. The van der Waals surface area contributed by atoms with E-state index >= 15 is 0 Å². The van der Waals surface area contributed by atoms with Gasteiger partial charge in [0.05, 0.1) is 12.6 Å². The first kappa shape index (κ1) is 13.3. The van der Waals surface area contributed by atoms with Gasteiger partial charge in [-0.05, 0) is 32.6 Å². The highest BCUT2D eigenvalue weighted by Crippen LogP contribution is 2.29. The average Bonchev–Trinajstić information content (AvgIpc) is 2.82. The summed E-state index contributed by atoms with van der Waals surface area (Å²) in [7, 11) is 1.70. The zero-order valence-electron chi connectivity index (χ0n) is 11.4.